The number of nitrogens with zero attached hydrogens (tertiary/aromatic N) is 5. The molecule has 34 heavy (non-hydrogen) atoms. The molecule has 3 aromatic heterocycles. The molecule has 3 heterocycles. The lowest BCUT2D eigenvalue weighted by Crippen LogP contribution is -2.52. The van der Waals surface area contributed by atoms with Crippen LogP contribution < -0.4 is 5.32 Å². The lowest BCUT2D eigenvalue weighted by atomic mass is 9.53. The van der Waals surface area contributed by atoms with Crippen LogP contribution in [0.25, 0.3) is 0 Å². The zero-order chi connectivity index (χ0) is 23.6. The molecule has 0 atom stereocenters. The fourth-order valence-electron chi connectivity index (χ4n) is 7.02. The molecule has 7 rings (SSSR count). The molecule has 4 fully saturated rings. The van der Waals surface area contributed by atoms with Crippen LogP contribution in [-0.4, -0.2) is 30.4 Å². The molecule has 0 unspecified atom stereocenters. The quantitative estimate of drug-likeness (QED) is 0.426. The minimum atomic E-state index is -0.433. The number of nitrogens with one attached hydrogen (secondary N) is 1. The number of hydrogen-bond donors (Lipinski definition) is 1. The number of carbonyl (C=O) groups is 1. The van der Waals surface area contributed by atoms with Crippen molar-refractivity contribution in [1.82, 2.24) is 19.6 Å². The van der Waals surface area contributed by atoms with Crippen LogP contribution in [0, 0.1) is 41.7 Å². The van der Waals surface area contributed by atoms with Crippen LogP contribution in [0.5, 0.6) is 0 Å². The summed E-state index contributed by atoms with van der Waals surface area (Å²) in [6.07, 6.45) is 9.70. The maximum Gasteiger partial charge on any atom is 0.312 e. The van der Waals surface area contributed by atoms with E-state index in [-0.39, 0.29) is 29.4 Å². The summed E-state index contributed by atoms with van der Waals surface area (Å²) in [5.41, 5.74) is 0.902. The van der Waals surface area contributed by atoms with Crippen LogP contribution in [0.15, 0.2) is 28.8 Å². The van der Waals surface area contributed by atoms with E-state index in [1.807, 2.05) is 12.3 Å². The summed E-state index contributed by atoms with van der Waals surface area (Å²) >= 11 is 0. The number of rotatable bonds is 6. The number of amides is 1. The SMILES string of the molecule is Cc1nn(Cc2ccc(C(=O)Nc3ccn(C45CC6CC(CC(C6)C4)C5)n3)o2)c(C)c1[N+](=O)[O-]. The molecular weight excluding hydrogens is 436 g/mol. The zero-order valence-corrected chi connectivity index (χ0v) is 19.4. The van der Waals surface area contributed by atoms with E-state index in [9.17, 15) is 14.9 Å². The van der Waals surface area contributed by atoms with Crippen LogP contribution in [0.4, 0.5) is 11.5 Å². The monoisotopic (exact) mass is 464 g/mol. The van der Waals surface area contributed by atoms with E-state index in [4.69, 9.17) is 9.52 Å². The van der Waals surface area contributed by atoms with Gasteiger partial charge in [-0.2, -0.15) is 10.2 Å². The highest BCUT2D eigenvalue weighted by Gasteiger charge is 2.52. The Labute approximate surface area is 196 Å². The second-order valence-corrected chi connectivity index (χ2v) is 10.4. The molecule has 3 aromatic rings. The van der Waals surface area contributed by atoms with Gasteiger partial charge in [-0.15, -0.1) is 0 Å². The largest absolute Gasteiger partial charge is 0.454 e. The third-order valence-electron chi connectivity index (χ3n) is 8.04. The highest BCUT2D eigenvalue weighted by atomic mass is 16.6. The molecular formula is C24H28N6O4. The van der Waals surface area contributed by atoms with Crippen LogP contribution >= 0.6 is 0 Å². The molecule has 0 aliphatic heterocycles. The van der Waals surface area contributed by atoms with Gasteiger partial charge in [0.1, 0.15) is 17.1 Å². The van der Waals surface area contributed by atoms with E-state index in [0.29, 0.717) is 23.0 Å². The van der Waals surface area contributed by atoms with E-state index in [2.05, 4.69) is 15.1 Å². The fourth-order valence-corrected chi connectivity index (χ4v) is 7.02. The Morgan fingerprint density at radius 2 is 1.82 bits per heavy atom. The lowest BCUT2D eigenvalue weighted by Gasteiger charge is -2.56. The van der Waals surface area contributed by atoms with Gasteiger partial charge in [0.05, 0.1) is 17.0 Å². The second-order valence-electron chi connectivity index (χ2n) is 10.4. The molecule has 4 aliphatic rings. The number of aromatic nitrogens is 4. The van der Waals surface area contributed by atoms with Crippen molar-refractivity contribution in [2.45, 2.75) is 64.5 Å². The summed E-state index contributed by atoms with van der Waals surface area (Å²) in [4.78, 5) is 23.6. The Morgan fingerprint density at radius 3 is 2.44 bits per heavy atom. The summed E-state index contributed by atoms with van der Waals surface area (Å²) in [6.45, 7) is 3.45. The summed E-state index contributed by atoms with van der Waals surface area (Å²) in [5.74, 6) is 3.25. The van der Waals surface area contributed by atoms with Gasteiger partial charge in [0, 0.05) is 12.3 Å². The van der Waals surface area contributed by atoms with Gasteiger partial charge in [-0.1, -0.05) is 0 Å². The lowest BCUT2D eigenvalue weighted by molar-refractivity contribution is -0.386. The van der Waals surface area contributed by atoms with Crippen LogP contribution in [0.2, 0.25) is 0 Å². The van der Waals surface area contributed by atoms with Crippen molar-refractivity contribution < 1.29 is 14.1 Å². The van der Waals surface area contributed by atoms with E-state index in [1.54, 1.807) is 26.0 Å². The Kier molecular flexibility index (Phi) is 4.69. The Hall–Kier alpha value is -3.43. The molecule has 0 saturated heterocycles. The highest BCUT2D eigenvalue weighted by molar-refractivity contribution is 6.01. The van der Waals surface area contributed by atoms with Gasteiger partial charge in [-0.05, 0) is 82.3 Å². The third kappa shape index (κ3) is 3.43. The van der Waals surface area contributed by atoms with Gasteiger partial charge in [0.25, 0.3) is 5.91 Å². The first kappa shape index (κ1) is 21.1. The Balaban J connectivity index is 1.14. The Bertz CT molecular complexity index is 1250. The highest BCUT2D eigenvalue weighted by Crippen LogP contribution is 2.58. The average molecular weight is 465 g/mol. The first-order valence-corrected chi connectivity index (χ1v) is 11.9. The summed E-state index contributed by atoms with van der Waals surface area (Å²) < 4.78 is 9.34. The minimum absolute atomic E-state index is 0.000804. The van der Waals surface area contributed by atoms with Gasteiger partial charge >= 0.3 is 5.69 Å². The first-order chi connectivity index (χ1) is 16.3. The predicted molar refractivity (Wildman–Crippen MR) is 122 cm³/mol. The van der Waals surface area contributed by atoms with Gasteiger partial charge < -0.3 is 9.73 Å². The fraction of sp³-hybridized carbons (Fsp3) is 0.542. The summed E-state index contributed by atoms with van der Waals surface area (Å²) in [5, 5.41) is 23.1. The number of hydrogen-bond acceptors (Lipinski definition) is 6. The van der Waals surface area contributed by atoms with Crippen LogP contribution in [0.1, 0.15) is 66.2 Å². The molecule has 1 amide bonds. The molecule has 178 valence electrons. The number of furan rings is 1. The molecule has 4 saturated carbocycles. The zero-order valence-electron chi connectivity index (χ0n) is 19.4. The first-order valence-electron chi connectivity index (χ1n) is 11.9. The second kappa shape index (κ2) is 7.54. The number of aryl methyl sites for hydroxylation is 1. The molecule has 0 spiro atoms. The van der Waals surface area contributed by atoms with Crippen molar-refractivity contribution in [3.05, 3.63) is 57.4 Å². The molecule has 4 aliphatic carbocycles. The minimum Gasteiger partial charge on any atom is -0.454 e. The predicted octanol–water partition coefficient (Wildman–Crippen LogP) is 4.42. The number of nitro groups is 1. The maximum atomic E-state index is 12.8. The van der Waals surface area contributed by atoms with E-state index in [1.165, 1.54) is 43.2 Å². The summed E-state index contributed by atoms with van der Waals surface area (Å²) in [6, 6.07) is 5.14. The Morgan fingerprint density at radius 1 is 1.15 bits per heavy atom. The van der Waals surface area contributed by atoms with Crippen molar-refractivity contribution in [3.8, 4) is 0 Å². The van der Waals surface area contributed by atoms with Crippen molar-refractivity contribution in [3.63, 3.8) is 0 Å². The molecule has 0 radical (unpaired) electrons. The van der Waals surface area contributed by atoms with Gasteiger partial charge in [0.15, 0.2) is 11.6 Å². The average Bonchev–Trinajstić information content (AvgIpc) is 3.47. The van der Waals surface area contributed by atoms with Crippen molar-refractivity contribution in [2.24, 2.45) is 17.8 Å². The van der Waals surface area contributed by atoms with E-state index >= 15 is 0 Å². The maximum absolute atomic E-state index is 12.8. The van der Waals surface area contributed by atoms with E-state index in [0.717, 1.165) is 17.8 Å². The molecule has 1 N–H and O–H groups in total. The van der Waals surface area contributed by atoms with Crippen molar-refractivity contribution in [2.75, 3.05) is 5.32 Å². The number of carbonyl (C=O) groups excluding carboxylic acids is 1. The van der Waals surface area contributed by atoms with Gasteiger partial charge in [-0.25, -0.2) is 0 Å². The van der Waals surface area contributed by atoms with E-state index < -0.39 is 4.92 Å². The number of anilines is 1. The topological polar surface area (TPSA) is 121 Å². The smallest absolute Gasteiger partial charge is 0.312 e. The molecule has 10 heteroatoms. The van der Waals surface area contributed by atoms with Gasteiger partial charge in [-0.3, -0.25) is 24.3 Å². The molecule has 4 bridgehead atoms. The third-order valence-corrected chi connectivity index (χ3v) is 8.04. The molecule has 0 aromatic carbocycles. The van der Waals surface area contributed by atoms with Crippen molar-refractivity contribution in [1.29, 1.82) is 0 Å². The van der Waals surface area contributed by atoms with Crippen LogP contribution in [0.3, 0.4) is 0 Å². The van der Waals surface area contributed by atoms with Crippen LogP contribution in [-0.2, 0) is 12.1 Å². The molecule has 10 nitrogen and oxygen atoms in total. The van der Waals surface area contributed by atoms with Crippen molar-refractivity contribution >= 4 is 17.4 Å². The normalized spacial score (nSPS) is 27.3. The summed E-state index contributed by atoms with van der Waals surface area (Å²) in [7, 11) is 0. The van der Waals surface area contributed by atoms with Gasteiger partial charge in [0.2, 0.25) is 0 Å². The standard InChI is InChI=1S/C24H28N6O4/c1-14-22(30(32)33)15(2)28(26-14)13-19-3-4-20(34-19)23(31)25-21-5-6-29(27-21)24-10-16-7-17(11-24)9-18(8-16)12-24/h3-6,16-18H,7-13H2,1-2H3,(H,25,27,31).